The van der Waals surface area contributed by atoms with E-state index in [1.165, 1.54) is 18.7 Å². The van der Waals surface area contributed by atoms with E-state index in [9.17, 15) is 0 Å². The summed E-state index contributed by atoms with van der Waals surface area (Å²) in [7, 11) is 1.69. The quantitative estimate of drug-likeness (QED) is 0.848. The van der Waals surface area contributed by atoms with Gasteiger partial charge in [-0.05, 0) is 38.9 Å². The molecule has 4 heteroatoms. The molecular formula is C15H21N3O. The Kier molecular flexibility index (Phi) is 3.19. The highest BCUT2D eigenvalue weighted by molar-refractivity contribution is 5.43. The molecule has 1 saturated heterocycles. The van der Waals surface area contributed by atoms with Crippen LogP contribution in [-0.4, -0.2) is 40.5 Å². The number of ether oxygens (including phenoxy) is 1. The number of imidazole rings is 1. The van der Waals surface area contributed by atoms with Gasteiger partial charge in [-0.3, -0.25) is 0 Å². The second-order valence-electron chi connectivity index (χ2n) is 5.57. The average Bonchev–Trinajstić information content (AvgIpc) is 3.04. The van der Waals surface area contributed by atoms with Gasteiger partial charge >= 0.3 is 0 Å². The van der Waals surface area contributed by atoms with E-state index in [0.29, 0.717) is 12.0 Å². The molecule has 0 aliphatic carbocycles. The van der Waals surface area contributed by atoms with Crippen LogP contribution in [0.3, 0.4) is 0 Å². The molecule has 1 aliphatic heterocycles. The Bertz CT molecular complexity index is 576. The van der Waals surface area contributed by atoms with Gasteiger partial charge in [0, 0.05) is 24.7 Å². The average molecular weight is 259 g/mol. The Morgan fingerprint density at radius 2 is 2.16 bits per heavy atom. The van der Waals surface area contributed by atoms with Gasteiger partial charge in [0.2, 0.25) is 0 Å². The van der Waals surface area contributed by atoms with Gasteiger partial charge in [-0.15, -0.1) is 0 Å². The van der Waals surface area contributed by atoms with Crippen LogP contribution in [-0.2, 0) is 0 Å². The van der Waals surface area contributed by atoms with Gasteiger partial charge in [-0.2, -0.15) is 0 Å². The molecule has 3 heterocycles. The van der Waals surface area contributed by atoms with Crippen LogP contribution in [0, 0.1) is 0 Å². The monoisotopic (exact) mass is 259 g/mol. The SMILES string of the molecule is COc1ccc2nc(C3CCN(C(C)C)C3)cn2c1. The second kappa shape index (κ2) is 4.85. The molecule has 0 N–H and O–H groups in total. The zero-order valence-electron chi connectivity index (χ0n) is 11.8. The van der Waals surface area contributed by atoms with Gasteiger partial charge in [0.1, 0.15) is 11.4 Å². The van der Waals surface area contributed by atoms with E-state index in [1.54, 1.807) is 7.11 Å². The van der Waals surface area contributed by atoms with Crippen molar-refractivity contribution in [3.05, 3.63) is 30.2 Å². The molecule has 3 rings (SSSR count). The van der Waals surface area contributed by atoms with Crippen LogP contribution in [0.5, 0.6) is 5.75 Å². The molecule has 1 fully saturated rings. The summed E-state index contributed by atoms with van der Waals surface area (Å²) in [5, 5.41) is 0. The molecule has 2 aromatic rings. The summed E-state index contributed by atoms with van der Waals surface area (Å²) in [5.41, 5.74) is 2.20. The minimum Gasteiger partial charge on any atom is -0.495 e. The number of fused-ring (bicyclic) bond motifs is 1. The van der Waals surface area contributed by atoms with E-state index < -0.39 is 0 Å². The maximum Gasteiger partial charge on any atom is 0.137 e. The Labute approximate surface area is 114 Å². The van der Waals surface area contributed by atoms with Gasteiger partial charge in [0.25, 0.3) is 0 Å². The molecule has 0 saturated carbocycles. The first-order valence-corrected chi connectivity index (χ1v) is 6.94. The third kappa shape index (κ3) is 2.32. The Balaban J connectivity index is 1.86. The predicted octanol–water partition coefficient (Wildman–Crippen LogP) is 2.54. The van der Waals surface area contributed by atoms with E-state index in [1.807, 2.05) is 18.3 Å². The summed E-state index contributed by atoms with van der Waals surface area (Å²) in [4.78, 5) is 7.27. The number of hydrogen-bond donors (Lipinski definition) is 0. The van der Waals surface area contributed by atoms with Gasteiger partial charge in [-0.1, -0.05) is 0 Å². The molecule has 1 aliphatic rings. The summed E-state index contributed by atoms with van der Waals surface area (Å²) in [5.74, 6) is 1.43. The molecule has 0 radical (unpaired) electrons. The summed E-state index contributed by atoms with van der Waals surface area (Å²) in [6.07, 6.45) is 5.34. The zero-order valence-corrected chi connectivity index (χ0v) is 11.8. The lowest BCUT2D eigenvalue weighted by molar-refractivity contribution is 0.272. The lowest BCUT2D eigenvalue weighted by Gasteiger charge is -2.19. The number of hydrogen-bond acceptors (Lipinski definition) is 3. The van der Waals surface area contributed by atoms with Crippen LogP contribution in [0.2, 0.25) is 0 Å². The number of pyridine rings is 1. The molecule has 0 aromatic carbocycles. The minimum absolute atomic E-state index is 0.563. The molecule has 1 atom stereocenters. The zero-order chi connectivity index (χ0) is 13.4. The Morgan fingerprint density at radius 1 is 1.32 bits per heavy atom. The Hall–Kier alpha value is -1.55. The first-order valence-electron chi connectivity index (χ1n) is 6.94. The first kappa shape index (κ1) is 12.5. The lowest BCUT2D eigenvalue weighted by atomic mass is 10.1. The minimum atomic E-state index is 0.563. The van der Waals surface area contributed by atoms with Crippen molar-refractivity contribution < 1.29 is 4.74 Å². The Morgan fingerprint density at radius 3 is 2.84 bits per heavy atom. The summed E-state index contributed by atoms with van der Waals surface area (Å²) >= 11 is 0. The predicted molar refractivity (Wildman–Crippen MR) is 75.8 cm³/mol. The van der Waals surface area contributed by atoms with Crippen molar-refractivity contribution in [2.75, 3.05) is 20.2 Å². The maximum atomic E-state index is 5.25. The maximum absolute atomic E-state index is 5.25. The van der Waals surface area contributed by atoms with Gasteiger partial charge in [-0.25, -0.2) is 4.98 Å². The highest BCUT2D eigenvalue weighted by Crippen LogP contribution is 2.28. The van der Waals surface area contributed by atoms with Crippen LogP contribution in [0.15, 0.2) is 24.5 Å². The van der Waals surface area contributed by atoms with Crippen molar-refractivity contribution in [1.29, 1.82) is 0 Å². The van der Waals surface area contributed by atoms with Crippen molar-refractivity contribution >= 4 is 5.65 Å². The normalized spacial score (nSPS) is 20.5. The van der Waals surface area contributed by atoms with Crippen LogP contribution in [0.1, 0.15) is 31.9 Å². The fraction of sp³-hybridized carbons (Fsp3) is 0.533. The van der Waals surface area contributed by atoms with E-state index in [4.69, 9.17) is 9.72 Å². The number of rotatable bonds is 3. The van der Waals surface area contributed by atoms with Crippen molar-refractivity contribution in [3.8, 4) is 5.75 Å². The number of aromatic nitrogens is 2. The second-order valence-corrected chi connectivity index (χ2v) is 5.57. The molecular weight excluding hydrogens is 238 g/mol. The highest BCUT2D eigenvalue weighted by atomic mass is 16.5. The number of nitrogens with zero attached hydrogens (tertiary/aromatic N) is 3. The molecule has 0 amide bonds. The molecule has 2 aromatic heterocycles. The number of likely N-dealkylation sites (tertiary alicyclic amines) is 1. The van der Waals surface area contributed by atoms with Crippen molar-refractivity contribution in [2.45, 2.75) is 32.2 Å². The highest BCUT2D eigenvalue weighted by Gasteiger charge is 2.27. The summed E-state index contributed by atoms with van der Waals surface area (Å²) < 4.78 is 7.31. The molecule has 1 unspecified atom stereocenters. The molecule has 4 nitrogen and oxygen atoms in total. The lowest BCUT2D eigenvalue weighted by Crippen LogP contribution is -2.27. The van der Waals surface area contributed by atoms with Crippen LogP contribution >= 0.6 is 0 Å². The first-order chi connectivity index (χ1) is 9.17. The van der Waals surface area contributed by atoms with E-state index in [0.717, 1.165) is 17.9 Å². The largest absolute Gasteiger partial charge is 0.495 e. The van der Waals surface area contributed by atoms with Crippen molar-refractivity contribution in [1.82, 2.24) is 14.3 Å². The third-order valence-electron chi connectivity index (χ3n) is 4.05. The van der Waals surface area contributed by atoms with E-state index >= 15 is 0 Å². The summed E-state index contributed by atoms with van der Waals surface area (Å²) in [6.45, 7) is 6.83. The standard InChI is InChI=1S/C15H21N3O/c1-11(2)17-7-6-12(8-17)14-10-18-9-13(19-3)4-5-15(18)16-14/h4-5,9-12H,6-8H2,1-3H3. The topological polar surface area (TPSA) is 29.8 Å². The van der Waals surface area contributed by atoms with Crippen molar-refractivity contribution in [3.63, 3.8) is 0 Å². The van der Waals surface area contributed by atoms with Gasteiger partial charge < -0.3 is 14.0 Å². The molecule has 19 heavy (non-hydrogen) atoms. The smallest absolute Gasteiger partial charge is 0.137 e. The van der Waals surface area contributed by atoms with Crippen LogP contribution in [0.25, 0.3) is 5.65 Å². The van der Waals surface area contributed by atoms with Gasteiger partial charge in [0.05, 0.1) is 19.0 Å². The van der Waals surface area contributed by atoms with Crippen LogP contribution < -0.4 is 4.74 Å². The van der Waals surface area contributed by atoms with Crippen LogP contribution in [0.4, 0.5) is 0 Å². The molecule has 0 bridgehead atoms. The number of methoxy groups -OCH3 is 1. The fourth-order valence-corrected chi connectivity index (χ4v) is 2.81. The summed E-state index contributed by atoms with van der Waals surface area (Å²) in [6, 6.07) is 4.60. The molecule has 102 valence electrons. The van der Waals surface area contributed by atoms with E-state index in [2.05, 4.69) is 29.3 Å². The van der Waals surface area contributed by atoms with E-state index in [-0.39, 0.29) is 0 Å². The van der Waals surface area contributed by atoms with Gasteiger partial charge in [0.15, 0.2) is 0 Å². The fourth-order valence-electron chi connectivity index (χ4n) is 2.81. The van der Waals surface area contributed by atoms with Crippen molar-refractivity contribution in [2.24, 2.45) is 0 Å². The third-order valence-corrected chi connectivity index (χ3v) is 4.05. The molecule has 0 spiro atoms.